The first-order chi connectivity index (χ1) is 10.0. The molecule has 0 amide bonds. The van der Waals surface area contributed by atoms with Gasteiger partial charge in [-0.05, 0) is 57.7 Å². The molecule has 0 spiro atoms. The highest BCUT2D eigenvalue weighted by atomic mass is 19.1. The van der Waals surface area contributed by atoms with Crippen molar-refractivity contribution in [2.75, 3.05) is 33.2 Å². The monoisotopic (exact) mass is 297 g/mol. The lowest BCUT2D eigenvalue weighted by Gasteiger charge is -2.37. The fraction of sp³-hybridized carbons (Fsp3) is 0.625. The van der Waals surface area contributed by atoms with Crippen LogP contribution in [0.25, 0.3) is 0 Å². The van der Waals surface area contributed by atoms with Crippen molar-refractivity contribution >= 4 is 0 Å². The summed E-state index contributed by atoms with van der Waals surface area (Å²) in [4.78, 5) is 4.61. The van der Waals surface area contributed by atoms with Gasteiger partial charge in [0.25, 0.3) is 0 Å². The first-order valence-corrected chi connectivity index (χ1v) is 7.64. The number of nitrogens with zero attached hydrogens (tertiary/aromatic N) is 2. The van der Waals surface area contributed by atoms with Crippen LogP contribution in [0.4, 0.5) is 8.78 Å². The molecule has 1 unspecified atom stereocenters. The van der Waals surface area contributed by atoms with Crippen LogP contribution in [0.1, 0.15) is 31.4 Å². The molecule has 5 heteroatoms. The SMILES string of the molecule is CCN1CCC(N(C)CC(N)c2cc(F)ccc2F)CC1. The van der Waals surface area contributed by atoms with Crippen molar-refractivity contribution in [2.24, 2.45) is 5.73 Å². The van der Waals surface area contributed by atoms with E-state index >= 15 is 0 Å². The minimum absolute atomic E-state index is 0.257. The first kappa shape index (κ1) is 16.3. The van der Waals surface area contributed by atoms with Gasteiger partial charge in [0, 0.05) is 24.2 Å². The predicted molar refractivity (Wildman–Crippen MR) is 81.1 cm³/mol. The number of likely N-dealkylation sites (N-methyl/N-ethyl adjacent to an activating group) is 1. The summed E-state index contributed by atoms with van der Waals surface area (Å²) in [5.41, 5.74) is 6.32. The standard InChI is InChI=1S/C16H25F2N3/c1-3-21-8-6-13(7-9-21)20(2)11-16(19)14-10-12(17)4-5-15(14)18/h4-5,10,13,16H,3,6-9,11,19H2,1-2H3. The molecule has 2 rings (SSSR count). The van der Waals surface area contributed by atoms with Gasteiger partial charge in [-0.25, -0.2) is 8.78 Å². The molecule has 1 atom stereocenters. The summed E-state index contributed by atoms with van der Waals surface area (Å²) in [7, 11) is 2.02. The summed E-state index contributed by atoms with van der Waals surface area (Å²) in [6.07, 6.45) is 2.20. The quantitative estimate of drug-likeness (QED) is 0.906. The Bertz CT molecular complexity index is 459. The molecule has 1 aliphatic heterocycles. The Morgan fingerprint density at radius 2 is 2.00 bits per heavy atom. The van der Waals surface area contributed by atoms with Gasteiger partial charge in [0.2, 0.25) is 0 Å². The summed E-state index contributed by atoms with van der Waals surface area (Å²) < 4.78 is 27.0. The Kier molecular flexibility index (Phi) is 5.67. The van der Waals surface area contributed by atoms with E-state index in [-0.39, 0.29) is 5.56 Å². The van der Waals surface area contributed by atoms with E-state index in [1.165, 1.54) is 6.07 Å². The Morgan fingerprint density at radius 3 is 2.62 bits per heavy atom. The number of rotatable bonds is 5. The molecular weight excluding hydrogens is 272 g/mol. The molecule has 118 valence electrons. The average Bonchev–Trinajstić information content (AvgIpc) is 2.49. The van der Waals surface area contributed by atoms with Gasteiger partial charge in [-0.3, -0.25) is 0 Å². The summed E-state index contributed by atoms with van der Waals surface area (Å²) in [5.74, 6) is -0.876. The van der Waals surface area contributed by atoms with E-state index in [4.69, 9.17) is 5.73 Å². The Labute approximate surface area is 125 Å². The molecule has 0 bridgehead atoms. The highest BCUT2D eigenvalue weighted by Crippen LogP contribution is 2.21. The highest BCUT2D eigenvalue weighted by Gasteiger charge is 2.23. The maximum atomic E-state index is 13.7. The summed E-state index contributed by atoms with van der Waals surface area (Å²) in [6, 6.07) is 3.43. The number of likely N-dealkylation sites (tertiary alicyclic amines) is 1. The predicted octanol–water partition coefficient (Wildman–Crippen LogP) is 2.38. The topological polar surface area (TPSA) is 32.5 Å². The summed E-state index contributed by atoms with van der Waals surface area (Å²) in [5, 5.41) is 0. The van der Waals surface area contributed by atoms with Gasteiger partial charge >= 0.3 is 0 Å². The second-order valence-corrected chi connectivity index (χ2v) is 5.88. The maximum Gasteiger partial charge on any atom is 0.128 e. The van der Waals surface area contributed by atoms with Crippen molar-refractivity contribution in [3.05, 3.63) is 35.4 Å². The third-order valence-electron chi connectivity index (χ3n) is 4.47. The number of nitrogens with two attached hydrogens (primary N) is 1. The number of halogens is 2. The number of benzene rings is 1. The van der Waals surface area contributed by atoms with Crippen LogP contribution in [0.15, 0.2) is 18.2 Å². The van der Waals surface area contributed by atoms with Crippen molar-refractivity contribution in [3.8, 4) is 0 Å². The normalized spacial score (nSPS) is 19.1. The van der Waals surface area contributed by atoms with Crippen LogP contribution >= 0.6 is 0 Å². The molecule has 0 aliphatic carbocycles. The van der Waals surface area contributed by atoms with E-state index in [2.05, 4.69) is 16.7 Å². The van der Waals surface area contributed by atoms with Gasteiger partial charge in [-0.2, -0.15) is 0 Å². The van der Waals surface area contributed by atoms with Crippen molar-refractivity contribution in [2.45, 2.75) is 31.8 Å². The maximum absolute atomic E-state index is 13.7. The Morgan fingerprint density at radius 1 is 1.33 bits per heavy atom. The van der Waals surface area contributed by atoms with E-state index in [1.807, 2.05) is 7.05 Å². The van der Waals surface area contributed by atoms with E-state index in [0.29, 0.717) is 12.6 Å². The summed E-state index contributed by atoms with van der Waals surface area (Å²) in [6.45, 7) is 5.98. The molecule has 0 aromatic heterocycles. The molecule has 1 aliphatic rings. The molecule has 1 saturated heterocycles. The second-order valence-electron chi connectivity index (χ2n) is 5.88. The van der Waals surface area contributed by atoms with Crippen molar-refractivity contribution in [3.63, 3.8) is 0 Å². The lowest BCUT2D eigenvalue weighted by Crippen LogP contribution is -2.45. The molecule has 1 heterocycles. The molecule has 1 aromatic carbocycles. The lowest BCUT2D eigenvalue weighted by molar-refractivity contribution is 0.126. The van der Waals surface area contributed by atoms with Gasteiger partial charge < -0.3 is 15.5 Å². The van der Waals surface area contributed by atoms with Crippen LogP contribution in [0.3, 0.4) is 0 Å². The number of piperidine rings is 1. The molecule has 0 radical (unpaired) electrons. The van der Waals surface area contributed by atoms with Gasteiger partial charge in [0.05, 0.1) is 0 Å². The molecule has 3 nitrogen and oxygen atoms in total. The van der Waals surface area contributed by atoms with E-state index < -0.39 is 17.7 Å². The van der Waals surface area contributed by atoms with Crippen molar-refractivity contribution < 1.29 is 8.78 Å². The molecule has 1 fully saturated rings. The van der Waals surface area contributed by atoms with Crippen molar-refractivity contribution in [1.29, 1.82) is 0 Å². The zero-order valence-corrected chi connectivity index (χ0v) is 12.9. The second kappa shape index (κ2) is 7.29. The summed E-state index contributed by atoms with van der Waals surface area (Å²) >= 11 is 0. The van der Waals surface area contributed by atoms with Gasteiger partial charge in [-0.1, -0.05) is 6.92 Å². The molecular formula is C16H25F2N3. The van der Waals surface area contributed by atoms with Gasteiger partial charge in [0.15, 0.2) is 0 Å². The Balaban J connectivity index is 1.93. The molecule has 0 saturated carbocycles. The van der Waals surface area contributed by atoms with Crippen LogP contribution in [0.5, 0.6) is 0 Å². The zero-order chi connectivity index (χ0) is 15.4. The third kappa shape index (κ3) is 4.22. The fourth-order valence-corrected chi connectivity index (χ4v) is 3.03. The Hall–Kier alpha value is -1.04. The van der Waals surface area contributed by atoms with Crippen LogP contribution in [-0.2, 0) is 0 Å². The van der Waals surface area contributed by atoms with Crippen LogP contribution in [-0.4, -0.2) is 49.1 Å². The van der Waals surface area contributed by atoms with E-state index in [9.17, 15) is 8.78 Å². The average molecular weight is 297 g/mol. The fourth-order valence-electron chi connectivity index (χ4n) is 3.03. The number of hydrogen-bond acceptors (Lipinski definition) is 3. The first-order valence-electron chi connectivity index (χ1n) is 7.64. The van der Waals surface area contributed by atoms with Crippen LogP contribution in [0.2, 0.25) is 0 Å². The van der Waals surface area contributed by atoms with Crippen molar-refractivity contribution in [1.82, 2.24) is 9.80 Å². The van der Waals surface area contributed by atoms with E-state index in [1.54, 1.807) is 0 Å². The zero-order valence-electron chi connectivity index (χ0n) is 12.9. The lowest BCUT2D eigenvalue weighted by atomic mass is 10.0. The third-order valence-corrected chi connectivity index (χ3v) is 4.47. The largest absolute Gasteiger partial charge is 0.323 e. The van der Waals surface area contributed by atoms with E-state index in [0.717, 1.165) is 44.6 Å². The van der Waals surface area contributed by atoms with Gasteiger partial charge in [0.1, 0.15) is 11.6 Å². The minimum atomic E-state index is -0.505. The van der Waals surface area contributed by atoms with Gasteiger partial charge in [-0.15, -0.1) is 0 Å². The molecule has 1 aromatic rings. The molecule has 2 N–H and O–H groups in total. The van der Waals surface area contributed by atoms with Crippen LogP contribution in [0, 0.1) is 11.6 Å². The molecule has 21 heavy (non-hydrogen) atoms. The minimum Gasteiger partial charge on any atom is -0.323 e. The smallest absolute Gasteiger partial charge is 0.128 e. The number of hydrogen-bond donors (Lipinski definition) is 1. The van der Waals surface area contributed by atoms with Crippen LogP contribution < -0.4 is 5.73 Å². The highest BCUT2D eigenvalue weighted by molar-refractivity contribution is 5.22.